The van der Waals surface area contributed by atoms with E-state index in [1.165, 1.54) is 49.9 Å². The first-order chi connectivity index (χ1) is 12.9. The number of rotatable bonds is 18. The first kappa shape index (κ1) is 27.7. The average Bonchev–Trinajstić information content (AvgIpc) is 2.64. The summed E-state index contributed by atoms with van der Waals surface area (Å²) in [6.07, 6.45) is 7.31. The van der Waals surface area contributed by atoms with Crippen molar-refractivity contribution in [3.63, 3.8) is 0 Å². The summed E-state index contributed by atoms with van der Waals surface area (Å²) >= 11 is 2.25. The lowest BCUT2D eigenvalue weighted by Crippen LogP contribution is -2.52. The van der Waals surface area contributed by atoms with Crippen LogP contribution in [0.4, 0.5) is 0 Å². The highest BCUT2D eigenvalue weighted by molar-refractivity contribution is 8.03. The molecule has 0 aromatic carbocycles. The molecule has 164 valence electrons. The summed E-state index contributed by atoms with van der Waals surface area (Å²) < 4.78 is 13.5. The van der Waals surface area contributed by atoms with E-state index in [2.05, 4.69) is 67.2 Å². The fourth-order valence-corrected chi connectivity index (χ4v) is 18.3. The van der Waals surface area contributed by atoms with Crippen LogP contribution < -0.4 is 0 Å². The Morgan fingerprint density at radius 2 is 0.852 bits per heavy atom. The summed E-state index contributed by atoms with van der Waals surface area (Å²) in [6, 6.07) is 5.25. The van der Waals surface area contributed by atoms with Crippen LogP contribution in [0, 0.1) is 0 Å². The van der Waals surface area contributed by atoms with Gasteiger partial charge in [-0.25, -0.2) is 0 Å². The highest BCUT2D eigenvalue weighted by Crippen LogP contribution is 2.40. The van der Waals surface area contributed by atoms with Gasteiger partial charge in [0.1, 0.15) is 0 Å². The molecule has 0 rings (SSSR count). The van der Waals surface area contributed by atoms with Gasteiger partial charge in [-0.05, 0) is 37.0 Å². The third-order valence-corrected chi connectivity index (χ3v) is 19.9. The van der Waals surface area contributed by atoms with Gasteiger partial charge < -0.3 is 8.85 Å². The molecule has 27 heavy (non-hydrogen) atoms. The van der Waals surface area contributed by atoms with E-state index in [9.17, 15) is 0 Å². The third-order valence-electron chi connectivity index (χ3n) is 5.77. The molecule has 0 amide bonds. The van der Waals surface area contributed by atoms with Gasteiger partial charge in [-0.2, -0.15) is 11.8 Å². The predicted octanol–water partition coefficient (Wildman–Crippen LogP) is 7.96. The molecule has 0 heterocycles. The van der Waals surface area contributed by atoms with Crippen LogP contribution in [-0.2, 0) is 8.85 Å². The van der Waals surface area contributed by atoms with Gasteiger partial charge in [0.25, 0.3) is 0 Å². The second kappa shape index (κ2) is 15.5. The van der Waals surface area contributed by atoms with Gasteiger partial charge in [-0.1, -0.05) is 81.1 Å². The summed E-state index contributed by atoms with van der Waals surface area (Å²) in [5.41, 5.74) is 0. The first-order valence-corrected chi connectivity index (χ1v) is 17.6. The molecule has 0 aliphatic heterocycles. The Morgan fingerprint density at radius 3 is 1.07 bits per heavy atom. The number of thioether (sulfide) groups is 1. The standard InChI is InChI=1S/C22H50O2SSi2/c1-9-15-23-26(17-11-3,18-12-4)21(7)25-22(8)27(19-13-5,20-14-6)24-16-10-2/h21-22H,9-20H2,1-8H3. The summed E-state index contributed by atoms with van der Waals surface area (Å²) in [4.78, 5) is 1.31. The van der Waals surface area contributed by atoms with Crippen LogP contribution >= 0.6 is 11.8 Å². The summed E-state index contributed by atoms with van der Waals surface area (Å²) in [5.74, 6) is 0. The molecule has 2 atom stereocenters. The van der Waals surface area contributed by atoms with Crippen molar-refractivity contribution in [1.82, 2.24) is 0 Å². The van der Waals surface area contributed by atoms with Crippen molar-refractivity contribution in [3.8, 4) is 0 Å². The van der Waals surface area contributed by atoms with E-state index >= 15 is 0 Å². The van der Waals surface area contributed by atoms with E-state index in [0.29, 0.717) is 9.75 Å². The van der Waals surface area contributed by atoms with Gasteiger partial charge in [0.2, 0.25) is 16.6 Å². The average molecular weight is 435 g/mol. The Morgan fingerprint density at radius 1 is 0.556 bits per heavy atom. The van der Waals surface area contributed by atoms with Gasteiger partial charge in [0.15, 0.2) is 0 Å². The minimum Gasteiger partial charge on any atom is -0.416 e. The largest absolute Gasteiger partial charge is 0.416 e. The molecular weight excluding hydrogens is 384 g/mol. The molecular formula is C22H50O2SSi2. The highest BCUT2D eigenvalue weighted by Gasteiger charge is 2.45. The van der Waals surface area contributed by atoms with Crippen molar-refractivity contribution in [2.75, 3.05) is 13.2 Å². The Labute approximate surface area is 178 Å². The van der Waals surface area contributed by atoms with Crippen molar-refractivity contribution in [1.29, 1.82) is 0 Å². The number of hydrogen-bond donors (Lipinski definition) is 0. The maximum Gasteiger partial charge on any atom is 0.205 e. The Bertz CT molecular complexity index is 311. The summed E-state index contributed by atoms with van der Waals surface area (Å²) in [6.45, 7) is 20.7. The molecule has 0 radical (unpaired) electrons. The lowest BCUT2D eigenvalue weighted by molar-refractivity contribution is 0.293. The molecule has 0 saturated heterocycles. The Balaban J connectivity index is 5.49. The lowest BCUT2D eigenvalue weighted by atomic mass is 10.5. The van der Waals surface area contributed by atoms with E-state index in [4.69, 9.17) is 8.85 Å². The van der Waals surface area contributed by atoms with Crippen molar-refractivity contribution >= 4 is 28.4 Å². The monoisotopic (exact) mass is 434 g/mol. The summed E-state index contributed by atoms with van der Waals surface area (Å²) in [5, 5.41) is 0. The minimum absolute atomic E-state index is 0.657. The smallest absolute Gasteiger partial charge is 0.205 e. The highest BCUT2D eigenvalue weighted by atomic mass is 32.2. The second-order valence-electron chi connectivity index (χ2n) is 8.25. The molecule has 0 aromatic heterocycles. The van der Waals surface area contributed by atoms with E-state index in [0.717, 1.165) is 26.1 Å². The van der Waals surface area contributed by atoms with Crippen LogP contribution in [0.25, 0.3) is 0 Å². The normalized spacial score (nSPS) is 15.1. The van der Waals surface area contributed by atoms with Gasteiger partial charge in [0, 0.05) is 23.0 Å². The predicted molar refractivity (Wildman–Crippen MR) is 131 cm³/mol. The van der Waals surface area contributed by atoms with Crippen molar-refractivity contribution in [2.24, 2.45) is 0 Å². The van der Waals surface area contributed by atoms with Crippen LogP contribution in [-0.4, -0.2) is 39.6 Å². The number of hydrogen-bond acceptors (Lipinski definition) is 3. The van der Waals surface area contributed by atoms with E-state index in [1.54, 1.807) is 0 Å². The van der Waals surface area contributed by atoms with Gasteiger partial charge in [-0.15, -0.1) is 0 Å². The van der Waals surface area contributed by atoms with Gasteiger partial charge in [-0.3, -0.25) is 0 Å². The quantitative estimate of drug-likeness (QED) is 0.204. The maximum atomic E-state index is 6.73. The molecule has 0 aromatic rings. The van der Waals surface area contributed by atoms with E-state index in [-0.39, 0.29) is 0 Å². The first-order valence-electron chi connectivity index (χ1n) is 11.8. The van der Waals surface area contributed by atoms with Crippen molar-refractivity contribution in [3.05, 3.63) is 0 Å². The van der Waals surface area contributed by atoms with Crippen LogP contribution in [0.5, 0.6) is 0 Å². The van der Waals surface area contributed by atoms with Crippen LogP contribution in [0.15, 0.2) is 0 Å². The van der Waals surface area contributed by atoms with Crippen molar-refractivity contribution < 1.29 is 8.85 Å². The lowest BCUT2D eigenvalue weighted by Gasteiger charge is -2.42. The molecule has 0 saturated carbocycles. The molecule has 2 unspecified atom stereocenters. The SMILES string of the molecule is CCCO[Si](CCC)(CCC)C(C)SC(C)[Si](CCC)(CCC)OCCC. The molecule has 5 heteroatoms. The molecule has 0 spiro atoms. The topological polar surface area (TPSA) is 18.5 Å². The molecule has 0 fully saturated rings. The van der Waals surface area contributed by atoms with E-state index < -0.39 is 16.6 Å². The maximum absolute atomic E-state index is 6.73. The summed E-state index contributed by atoms with van der Waals surface area (Å²) in [7, 11) is -3.42. The van der Waals surface area contributed by atoms with Gasteiger partial charge in [0.05, 0.1) is 0 Å². The fourth-order valence-electron chi connectivity index (χ4n) is 4.44. The molecule has 0 N–H and O–H groups in total. The van der Waals surface area contributed by atoms with Crippen LogP contribution in [0.1, 0.15) is 93.9 Å². The Hall–Kier alpha value is 0.704. The van der Waals surface area contributed by atoms with Crippen molar-refractivity contribution in [2.45, 2.75) is 128 Å². The zero-order valence-corrected chi connectivity index (χ0v) is 22.7. The van der Waals surface area contributed by atoms with Crippen LogP contribution in [0.2, 0.25) is 24.2 Å². The third kappa shape index (κ3) is 8.94. The second-order valence-corrected chi connectivity index (χ2v) is 19.3. The molecule has 2 nitrogen and oxygen atoms in total. The fraction of sp³-hybridized carbons (Fsp3) is 1.00. The minimum atomic E-state index is -1.71. The zero-order chi connectivity index (χ0) is 20.8. The zero-order valence-electron chi connectivity index (χ0n) is 19.9. The Kier molecular flexibility index (Phi) is 15.9. The molecule has 0 bridgehead atoms. The molecule has 0 aliphatic carbocycles. The molecule has 0 aliphatic rings. The van der Waals surface area contributed by atoms with Gasteiger partial charge >= 0.3 is 0 Å². The van der Waals surface area contributed by atoms with Crippen LogP contribution in [0.3, 0.4) is 0 Å². The van der Waals surface area contributed by atoms with E-state index in [1.807, 2.05) is 0 Å².